The van der Waals surface area contributed by atoms with Crippen molar-refractivity contribution < 1.29 is 9.29 Å². The van der Waals surface area contributed by atoms with E-state index in [9.17, 15) is 4.39 Å². The molecule has 4 heteroatoms. The maximum absolute atomic E-state index is 13.1. The van der Waals surface area contributed by atoms with E-state index in [-0.39, 0.29) is 5.82 Å². The lowest BCUT2D eigenvalue weighted by Gasteiger charge is -2.36. The van der Waals surface area contributed by atoms with Gasteiger partial charge in [-0.15, -0.1) is 0 Å². The van der Waals surface area contributed by atoms with Crippen LogP contribution in [0.15, 0.2) is 79.4 Å². The van der Waals surface area contributed by atoms with E-state index in [4.69, 9.17) is 0 Å². The van der Waals surface area contributed by atoms with Gasteiger partial charge < -0.3 is 10.3 Å². The van der Waals surface area contributed by atoms with Gasteiger partial charge in [0.2, 0.25) is 0 Å². The third-order valence-electron chi connectivity index (χ3n) is 6.13. The van der Waals surface area contributed by atoms with E-state index in [1.807, 2.05) is 0 Å². The first-order chi connectivity index (χ1) is 14.2. The molecule has 5 rings (SSSR count). The van der Waals surface area contributed by atoms with E-state index >= 15 is 0 Å². The van der Waals surface area contributed by atoms with Crippen LogP contribution in [0.3, 0.4) is 0 Å². The van der Waals surface area contributed by atoms with E-state index in [2.05, 4.69) is 65.5 Å². The van der Waals surface area contributed by atoms with Crippen LogP contribution in [-0.4, -0.2) is 31.2 Å². The molecule has 0 radical (unpaired) electrons. The molecular formula is C25H25FN3+. The average Bonchev–Trinajstić information content (AvgIpc) is 3.09. The Morgan fingerprint density at radius 3 is 2.00 bits per heavy atom. The number of fused-ring (bicyclic) bond motifs is 3. The molecule has 0 aromatic heterocycles. The summed E-state index contributed by atoms with van der Waals surface area (Å²) in [6.07, 6.45) is 0. The fourth-order valence-corrected chi connectivity index (χ4v) is 4.70. The molecule has 0 atom stereocenters. The normalized spacial score (nSPS) is 17.0. The number of halogens is 1. The Bertz CT molecular complexity index is 990. The van der Waals surface area contributed by atoms with Crippen LogP contribution in [0.25, 0.3) is 16.8 Å². The monoisotopic (exact) mass is 386 g/mol. The van der Waals surface area contributed by atoms with E-state index in [1.54, 1.807) is 17.0 Å². The van der Waals surface area contributed by atoms with Crippen molar-refractivity contribution in [1.82, 2.24) is 10.4 Å². The fourth-order valence-electron chi connectivity index (χ4n) is 4.70. The molecular weight excluding hydrogens is 361 g/mol. The first kappa shape index (κ1) is 18.1. The highest BCUT2D eigenvalue weighted by Gasteiger charge is 2.37. The Hall–Kier alpha value is -2.95. The molecule has 1 heterocycles. The van der Waals surface area contributed by atoms with E-state index in [0.29, 0.717) is 6.04 Å². The summed E-state index contributed by atoms with van der Waals surface area (Å²) in [4.78, 5) is 1.60. The molecule has 1 saturated heterocycles. The van der Waals surface area contributed by atoms with E-state index in [0.717, 1.165) is 37.4 Å². The summed E-state index contributed by atoms with van der Waals surface area (Å²) in [7, 11) is 0. The van der Waals surface area contributed by atoms with Gasteiger partial charge in [-0.25, -0.2) is 9.40 Å². The number of rotatable bonds is 4. The third kappa shape index (κ3) is 3.35. The van der Waals surface area contributed by atoms with E-state index in [1.165, 1.54) is 34.4 Å². The van der Waals surface area contributed by atoms with Crippen molar-refractivity contribution in [3.8, 4) is 11.1 Å². The average molecular weight is 386 g/mol. The third-order valence-corrected chi connectivity index (χ3v) is 6.13. The van der Waals surface area contributed by atoms with Crippen molar-refractivity contribution in [3.63, 3.8) is 0 Å². The summed E-state index contributed by atoms with van der Waals surface area (Å²) in [6.45, 7) is 8.11. The molecule has 0 unspecified atom stereocenters. The van der Waals surface area contributed by atoms with Gasteiger partial charge in [-0.05, 0) is 41.0 Å². The molecule has 1 fully saturated rings. The molecule has 1 aliphatic heterocycles. The standard InChI is InChI=1S/C25H24FN3/c1-18(19-10-12-20(26)13-11-19)27-29-16-14-28(15-17-29)25-23-8-4-2-6-21(23)22-7-3-5-9-24(22)25/h2-13,25,27H,1,14-17H2/p+1. The van der Waals surface area contributed by atoms with Gasteiger partial charge in [-0.3, -0.25) is 0 Å². The number of hydrogen-bond acceptors (Lipinski definition) is 2. The van der Waals surface area contributed by atoms with Gasteiger partial charge in [0.05, 0.1) is 26.2 Å². The van der Waals surface area contributed by atoms with Gasteiger partial charge in [-0.2, -0.15) is 0 Å². The smallest absolute Gasteiger partial charge is 0.140 e. The van der Waals surface area contributed by atoms with Crippen molar-refractivity contribution in [3.05, 3.63) is 102 Å². The Balaban J connectivity index is 1.29. The first-order valence-corrected chi connectivity index (χ1v) is 10.2. The molecule has 0 amide bonds. The number of hydrogen-bond donors (Lipinski definition) is 2. The first-order valence-electron chi connectivity index (χ1n) is 10.2. The van der Waals surface area contributed by atoms with Gasteiger partial charge in [-0.1, -0.05) is 55.1 Å². The molecule has 1 aliphatic carbocycles. The minimum atomic E-state index is -0.226. The van der Waals surface area contributed by atoms with Crippen LogP contribution in [0.2, 0.25) is 0 Å². The lowest BCUT2D eigenvalue weighted by atomic mass is 10.0. The maximum atomic E-state index is 13.1. The van der Waals surface area contributed by atoms with Crippen LogP contribution in [0.1, 0.15) is 22.7 Å². The quantitative estimate of drug-likeness (QED) is 0.718. The molecule has 3 aromatic carbocycles. The molecule has 0 bridgehead atoms. The van der Waals surface area contributed by atoms with Crippen molar-refractivity contribution >= 4 is 5.70 Å². The molecule has 0 spiro atoms. The van der Waals surface area contributed by atoms with Crippen molar-refractivity contribution in [1.29, 1.82) is 0 Å². The lowest BCUT2D eigenvalue weighted by molar-refractivity contribution is -0.929. The molecule has 2 aliphatic rings. The lowest BCUT2D eigenvalue weighted by Crippen LogP contribution is -3.15. The number of benzene rings is 3. The Morgan fingerprint density at radius 2 is 1.41 bits per heavy atom. The minimum absolute atomic E-state index is 0.226. The second-order valence-corrected chi connectivity index (χ2v) is 7.85. The zero-order valence-electron chi connectivity index (χ0n) is 16.4. The van der Waals surface area contributed by atoms with Crippen LogP contribution in [-0.2, 0) is 0 Å². The summed E-state index contributed by atoms with van der Waals surface area (Å²) in [5.41, 5.74) is 10.8. The second-order valence-electron chi connectivity index (χ2n) is 7.85. The minimum Gasteiger partial charge on any atom is -0.323 e. The highest BCUT2D eigenvalue weighted by molar-refractivity contribution is 5.77. The van der Waals surface area contributed by atoms with Crippen LogP contribution in [0, 0.1) is 5.82 Å². The molecule has 29 heavy (non-hydrogen) atoms. The predicted octanol–water partition coefficient (Wildman–Crippen LogP) is 3.27. The van der Waals surface area contributed by atoms with Crippen molar-refractivity contribution in [2.75, 3.05) is 26.2 Å². The molecule has 3 nitrogen and oxygen atoms in total. The number of quaternary nitrogens is 1. The Kier molecular flexibility index (Phi) is 4.66. The maximum Gasteiger partial charge on any atom is 0.140 e. The zero-order chi connectivity index (χ0) is 19.8. The van der Waals surface area contributed by atoms with Gasteiger partial charge in [0.25, 0.3) is 0 Å². The van der Waals surface area contributed by atoms with Gasteiger partial charge in [0.15, 0.2) is 0 Å². The van der Waals surface area contributed by atoms with E-state index < -0.39 is 0 Å². The number of piperazine rings is 1. The van der Waals surface area contributed by atoms with Crippen LogP contribution < -0.4 is 10.3 Å². The highest BCUT2D eigenvalue weighted by atomic mass is 19.1. The summed E-state index contributed by atoms with van der Waals surface area (Å²) in [5, 5.41) is 2.22. The summed E-state index contributed by atoms with van der Waals surface area (Å²) < 4.78 is 13.1. The zero-order valence-corrected chi connectivity index (χ0v) is 16.4. The Labute approximate surface area is 171 Å². The summed E-state index contributed by atoms with van der Waals surface area (Å²) in [6, 6.07) is 24.5. The number of nitrogens with one attached hydrogen (secondary N) is 2. The Morgan fingerprint density at radius 1 is 0.862 bits per heavy atom. The summed E-state index contributed by atoms with van der Waals surface area (Å²) in [5.74, 6) is -0.226. The molecule has 146 valence electrons. The highest BCUT2D eigenvalue weighted by Crippen LogP contribution is 2.41. The van der Waals surface area contributed by atoms with Gasteiger partial charge >= 0.3 is 0 Å². The van der Waals surface area contributed by atoms with Crippen molar-refractivity contribution in [2.45, 2.75) is 6.04 Å². The summed E-state index contributed by atoms with van der Waals surface area (Å²) >= 11 is 0. The number of nitrogens with zero attached hydrogens (tertiary/aromatic N) is 1. The topological polar surface area (TPSA) is 19.7 Å². The van der Waals surface area contributed by atoms with Crippen LogP contribution in [0.4, 0.5) is 4.39 Å². The predicted molar refractivity (Wildman–Crippen MR) is 115 cm³/mol. The van der Waals surface area contributed by atoms with Crippen LogP contribution in [0.5, 0.6) is 0 Å². The fraction of sp³-hybridized carbons (Fsp3) is 0.200. The van der Waals surface area contributed by atoms with Crippen LogP contribution >= 0.6 is 0 Å². The van der Waals surface area contributed by atoms with Gasteiger partial charge in [0.1, 0.15) is 11.9 Å². The molecule has 3 aromatic rings. The van der Waals surface area contributed by atoms with Gasteiger partial charge in [0, 0.05) is 16.8 Å². The molecule has 0 saturated carbocycles. The SMILES string of the molecule is C=C(NN1CC[NH+](C2c3ccccc3-c3ccccc32)CC1)c1ccc(F)cc1. The largest absolute Gasteiger partial charge is 0.323 e. The van der Waals surface area contributed by atoms with Crippen molar-refractivity contribution in [2.24, 2.45) is 0 Å². The molecule has 2 N–H and O–H groups in total. The second kappa shape index (κ2) is 7.47. The number of hydrazine groups is 1.